The van der Waals surface area contributed by atoms with Crippen LogP contribution in [0, 0.1) is 5.82 Å². The van der Waals surface area contributed by atoms with E-state index in [0.717, 1.165) is 31.4 Å². The first-order chi connectivity index (χ1) is 8.32. The highest BCUT2D eigenvalue weighted by molar-refractivity contribution is 7.89. The van der Waals surface area contributed by atoms with Crippen molar-refractivity contribution < 1.29 is 12.8 Å². The number of rotatable bonds is 4. The number of halogens is 2. The molecule has 0 unspecified atom stereocenters. The van der Waals surface area contributed by atoms with Crippen LogP contribution in [0.4, 0.5) is 4.39 Å². The topological polar surface area (TPSA) is 72.2 Å². The van der Waals surface area contributed by atoms with Gasteiger partial charge in [0.05, 0.1) is 5.02 Å². The molecule has 1 aromatic rings. The first-order valence-corrected chi connectivity index (χ1v) is 7.42. The average Bonchev–Trinajstić information content (AvgIpc) is 2.27. The third kappa shape index (κ3) is 2.83. The standard InChI is InChI=1S/C11H14ClFN2O2S/c12-9-3-2-8(13)6-10(9)18(16,17)15-7-11(14)4-1-5-11/h2-3,6,15H,1,4-5,7,14H2. The summed E-state index contributed by atoms with van der Waals surface area (Å²) >= 11 is 5.76. The highest BCUT2D eigenvalue weighted by atomic mass is 35.5. The molecule has 0 amide bonds. The van der Waals surface area contributed by atoms with Gasteiger partial charge in [-0.05, 0) is 37.5 Å². The smallest absolute Gasteiger partial charge is 0.242 e. The highest BCUT2D eigenvalue weighted by Crippen LogP contribution is 2.29. The second kappa shape index (κ2) is 4.77. The zero-order valence-electron chi connectivity index (χ0n) is 9.62. The Kier molecular flexibility index (Phi) is 3.64. The molecule has 18 heavy (non-hydrogen) atoms. The number of nitrogens with two attached hydrogens (primary N) is 1. The molecule has 0 aromatic heterocycles. The second-order valence-corrected chi connectivity index (χ2v) is 6.76. The van der Waals surface area contributed by atoms with Crippen molar-refractivity contribution in [2.24, 2.45) is 5.73 Å². The average molecular weight is 293 g/mol. The van der Waals surface area contributed by atoms with Crippen LogP contribution >= 0.6 is 11.6 Å². The lowest BCUT2D eigenvalue weighted by Gasteiger charge is -2.38. The Morgan fingerprint density at radius 3 is 2.67 bits per heavy atom. The number of benzene rings is 1. The first-order valence-electron chi connectivity index (χ1n) is 5.56. The Morgan fingerprint density at radius 1 is 1.44 bits per heavy atom. The fourth-order valence-corrected chi connectivity index (χ4v) is 3.46. The van der Waals surface area contributed by atoms with Crippen LogP contribution in [0.1, 0.15) is 19.3 Å². The van der Waals surface area contributed by atoms with E-state index in [1.165, 1.54) is 6.07 Å². The van der Waals surface area contributed by atoms with Crippen LogP contribution in [-0.4, -0.2) is 20.5 Å². The predicted octanol–water partition coefficient (Wildman–Crippen LogP) is 1.64. The predicted molar refractivity (Wildman–Crippen MR) is 67.4 cm³/mol. The van der Waals surface area contributed by atoms with E-state index in [4.69, 9.17) is 17.3 Å². The zero-order valence-corrected chi connectivity index (χ0v) is 11.2. The number of nitrogens with one attached hydrogen (secondary N) is 1. The lowest BCUT2D eigenvalue weighted by Crippen LogP contribution is -2.54. The Labute approximate surface area is 110 Å². The third-order valence-electron chi connectivity index (χ3n) is 3.15. The fraction of sp³-hybridized carbons (Fsp3) is 0.455. The van der Waals surface area contributed by atoms with Crippen molar-refractivity contribution in [3.8, 4) is 0 Å². The Bertz CT molecular complexity index is 558. The number of hydrogen-bond acceptors (Lipinski definition) is 3. The summed E-state index contributed by atoms with van der Waals surface area (Å²) in [6, 6.07) is 3.22. The normalized spacial score (nSPS) is 18.4. The van der Waals surface area contributed by atoms with E-state index < -0.39 is 21.4 Å². The van der Waals surface area contributed by atoms with E-state index in [9.17, 15) is 12.8 Å². The van der Waals surface area contributed by atoms with Gasteiger partial charge in [0.25, 0.3) is 0 Å². The van der Waals surface area contributed by atoms with Crippen LogP contribution < -0.4 is 10.5 Å². The Balaban J connectivity index is 2.17. The molecule has 0 atom stereocenters. The molecule has 0 saturated heterocycles. The van der Waals surface area contributed by atoms with Crippen molar-refractivity contribution in [2.75, 3.05) is 6.54 Å². The minimum absolute atomic E-state index is 0.0106. The lowest BCUT2D eigenvalue weighted by molar-refractivity contribution is 0.251. The SMILES string of the molecule is NC1(CNS(=O)(=O)c2cc(F)ccc2Cl)CCC1. The van der Waals surface area contributed by atoms with E-state index in [1.807, 2.05) is 0 Å². The summed E-state index contributed by atoms with van der Waals surface area (Å²) in [6.07, 6.45) is 2.57. The molecule has 1 saturated carbocycles. The molecular formula is C11H14ClFN2O2S. The Morgan fingerprint density at radius 2 is 2.11 bits per heavy atom. The monoisotopic (exact) mass is 292 g/mol. The molecule has 0 bridgehead atoms. The fourth-order valence-electron chi connectivity index (χ4n) is 1.81. The Hall–Kier alpha value is -0.690. The molecule has 3 N–H and O–H groups in total. The van der Waals surface area contributed by atoms with Gasteiger partial charge in [-0.3, -0.25) is 0 Å². The molecule has 1 aliphatic carbocycles. The van der Waals surface area contributed by atoms with E-state index >= 15 is 0 Å². The summed E-state index contributed by atoms with van der Waals surface area (Å²) in [5.41, 5.74) is 5.44. The van der Waals surface area contributed by atoms with Gasteiger partial charge >= 0.3 is 0 Å². The van der Waals surface area contributed by atoms with Crippen molar-refractivity contribution in [3.63, 3.8) is 0 Å². The van der Waals surface area contributed by atoms with E-state index in [0.29, 0.717) is 0 Å². The molecule has 1 aromatic carbocycles. The van der Waals surface area contributed by atoms with Crippen molar-refractivity contribution in [2.45, 2.75) is 29.7 Å². The molecule has 1 aliphatic rings. The lowest BCUT2D eigenvalue weighted by atomic mass is 9.78. The van der Waals surface area contributed by atoms with Gasteiger partial charge in [0.1, 0.15) is 10.7 Å². The third-order valence-corrected chi connectivity index (χ3v) is 5.03. The molecule has 0 aliphatic heterocycles. The maximum atomic E-state index is 13.1. The summed E-state index contributed by atoms with van der Waals surface area (Å²) in [5.74, 6) is -0.647. The summed E-state index contributed by atoms with van der Waals surface area (Å²) in [4.78, 5) is -0.257. The highest BCUT2D eigenvalue weighted by Gasteiger charge is 2.34. The quantitative estimate of drug-likeness (QED) is 0.886. The summed E-state index contributed by atoms with van der Waals surface area (Å²) in [7, 11) is -3.82. The van der Waals surface area contributed by atoms with Gasteiger partial charge in [0.15, 0.2) is 0 Å². The molecule has 4 nitrogen and oxygen atoms in total. The summed E-state index contributed by atoms with van der Waals surface area (Å²) in [6.45, 7) is 0.141. The number of sulfonamides is 1. The van der Waals surface area contributed by atoms with Crippen LogP contribution in [-0.2, 0) is 10.0 Å². The van der Waals surface area contributed by atoms with Crippen molar-refractivity contribution in [1.29, 1.82) is 0 Å². The van der Waals surface area contributed by atoms with Crippen LogP contribution in [0.3, 0.4) is 0 Å². The molecule has 7 heteroatoms. The van der Waals surface area contributed by atoms with Crippen molar-refractivity contribution >= 4 is 21.6 Å². The molecule has 0 radical (unpaired) electrons. The van der Waals surface area contributed by atoms with Gasteiger partial charge in [0, 0.05) is 12.1 Å². The zero-order chi connectivity index (χ0) is 13.4. The second-order valence-electron chi connectivity index (χ2n) is 4.62. The largest absolute Gasteiger partial charge is 0.324 e. The minimum Gasteiger partial charge on any atom is -0.324 e. The van der Waals surface area contributed by atoms with Gasteiger partial charge in [-0.2, -0.15) is 0 Å². The van der Waals surface area contributed by atoms with E-state index in [1.54, 1.807) is 0 Å². The van der Waals surface area contributed by atoms with Crippen molar-refractivity contribution in [3.05, 3.63) is 29.0 Å². The van der Waals surface area contributed by atoms with E-state index in [-0.39, 0.29) is 16.5 Å². The molecule has 1 fully saturated rings. The molecule has 2 rings (SSSR count). The molecule has 100 valence electrons. The summed E-state index contributed by atoms with van der Waals surface area (Å²) in [5, 5.41) is -0.0106. The number of hydrogen-bond donors (Lipinski definition) is 2. The van der Waals surface area contributed by atoms with Crippen LogP contribution in [0.5, 0.6) is 0 Å². The van der Waals surface area contributed by atoms with Gasteiger partial charge in [-0.1, -0.05) is 11.6 Å². The molecule has 0 spiro atoms. The minimum atomic E-state index is -3.82. The van der Waals surface area contributed by atoms with Gasteiger partial charge in [-0.25, -0.2) is 17.5 Å². The maximum Gasteiger partial charge on any atom is 0.242 e. The van der Waals surface area contributed by atoms with Crippen LogP contribution in [0.15, 0.2) is 23.1 Å². The summed E-state index contributed by atoms with van der Waals surface area (Å²) < 4.78 is 39.4. The van der Waals surface area contributed by atoms with Gasteiger partial charge in [0.2, 0.25) is 10.0 Å². The maximum absolute atomic E-state index is 13.1. The molecular weight excluding hydrogens is 279 g/mol. The molecule has 0 heterocycles. The van der Waals surface area contributed by atoms with Gasteiger partial charge in [-0.15, -0.1) is 0 Å². The van der Waals surface area contributed by atoms with Crippen LogP contribution in [0.2, 0.25) is 5.02 Å². The van der Waals surface area contributed by atoms with Gasteiger partial charge < -0.3 is 5.73 Å². The van der Waals surface area contributed by atoms with Crippen LogP contribution in [0.25, 0.3) is 0 Å². The first kappa shape index (κ1) is 13.7. The van der Waals surface area contributed by atoms with Crippen molar-refractivity contribution in [1.82, 2.24) is 4.72 Å². The van der Waals surface area contributed by atoms with E-state index in [2.05, 4.69) is 4.72 Å².